The molecule has 2 aliphatic rings. The van der Waals surface area contributed by atoms with Gasteiger partial charge in [-0.3, -0.25) is 14.7 Å². The van der Waals surface area contributed by atoms with E-state index in [4.69, 9.17) is 9.26 Å². The molecule has 0 aromatic carbocycles. The molecule has 26 heavy (non-hydrogen) atoms. The van der Waals surface area contributed by atoms with Crippen molar-refractivity contribution in [3.05, 3.63) is 47.6 Å². The maximum absolute atomic E-state index is 12.1. The second kappa shape index (κ2) is 7.17. The van der Waals surface area contributed by atoms with Crippen molar-refractivity contribution in [2.75, 3.05) is 26.2 Å². The van der Waals surface area contributed by atoms with E-state index in [1.54, 1.807) is 24.5 Å². The Morgan fingerprint density at radius 3 is 3.00 bits per heavy atom. The highest BCUT2D eigenvalue weighted by atomic mass is 16.5. The predicted octanol–water partition coefficient (Wildman–Crippen LogP) is 1.79. The van der Waals surface area contributed by atoms with E-state index >= 15 is 0 Å². The van der Waals surface area contributed by atoms with Crippen LogP contribution in [-0.2, 0) is 11.3 Å². The van der Waals surface area contributed by atoms with Crippen LogP contribution in [0.2, 0.25) is 0 Å². The molecule has 2 fully saturated rings. The van der Waals surface area contributed by atoms with Gasteiger partial charge < -0.3 is 14.6 Å². The number of nitrogens with zero attached hydrogens (tertiary/aromatic N) is 3. The largest absolute Gasteiger partial charge is 0.372 e. The Morgan fingerprint density at radius 1 is 1.46 bits per heavy atom. The zero-order chi connectivity index (χ0) is 18.0. The first kappa shape index (κ1) is 17.2. The van der Waals surface area contributed by atoms with Gasteiger partial charge in [0.1, 0.15) is 5.76 Å². The number of pyridine rings is 1. The van der Waals surface area contributed by atoms with Gasteiger partial charge in [-0.25, -0.2) is 0 Å². The van der Waals surface area contributed by atoms with E-state index in [-0.39, 0.29) is 11.5 Å². The van der Waals surface area contributed by atoms with Gasteiger partial charge in [0.2, 0.25) is 0 Å². The Balaban J connectivity index is 1.18. The molecule has 0 unspecified atom stereocenters. The number of carbonyl (C=O) groups is 1. The maximum Gasteiger partial charge on any atom is 0.252 e. The summed E-state index contributed by atoms with van der Waals surface area (Å²) in [6.45, 7) is 5.94. The van der Waals surface area contributed by atoms with Crippen molar-refractivity contribution in [3.8, 4) is 0 Å². The molecule has 4 heterocycles. The number of hydrogen-bond donors (Lipinski definition) is 1. The number of aromatic nitrogens is 2. The molecular weight excluding hydrogens is 332 g/mol. The Bertz CT molecular complexity index is 745. The molecule has 4 rings (SSSR count). The summed E-state index contributed by atoms with van der Waals surface area (Å²) in [5.41, 5.74) is 1.56. The molecule has 2 aliphatic heterocycles. The van der Waals surface area contributed by atoms with E-state index in [0.717, 1.165) is 43.9 Å². The zero-order valence-electron chi connectivity index (χ0n) is 15.0. The van der Waals surface area contributed by atoms with Crippen LogP contribution in [0.5, 0.6) is 0 Å². The highest BCUT2D eigenvalue weighted by Crippen LogP contribution is 2.36. The third-order valence-electron chi connectivity index (χ3n) is 5.19. The van der Waals surface area contributed by atoms with Crippen LogP contribution >= 0.6 is 0 Å². The zero-order valence-corrected chi connectivity index (χ0v) is 15.0. The molecule has 2 saturated heterocycles. The molecule has 0 saturated carbocycles. The summed E-state index contributed by atoms with van der Waals surface area (Å²) in [4.78, 5) is 18.4. The van der Waals surface area contributed by atoms with E-state index in [0.29, 0.717) is 24.6 Å². The third kappa shape index (κ3) is 3.78. The highest BCUT2D eigenvalue weighted by Gasteiger charge is 2.46. The van der Waals surface area contributed by atoms with Gasteiger partial charge in [-0.05, 0) is 37.8 Å². The van der Waals surface area contributed by atoms with Crippen molar-refractivity contribution in [1.82, 2.24) is 20.4 Å². The molecule has 1 atom stereocenters. The summed E-state index contributed by atoms with van der Waals surface area (Å²) < 4.78 is 11.3. The minimum Gasteiger partial charge on any atom is -0.372 e. The van der Waals surface area contributed by atoms with Crippen LogP contribution in [0.1, 0.15) is 34.7 Å². The van der Waals surface area contributed by atoms with Crippen LogP contribution < -0.4 is 5.32 Å². The van der Waals surface area contributed by atoms with Gasteiger partial charge in [-0.15, -0.1) is 0 Å². The number of likely N-dealkylation sites (tertiary alicyclic amines) is 1. The fourth-order valence-corrected chi connectivity index (χ4v) is 3.77. The number of hydrogen-bond acceptors (Lipinski definition) is 6. The molecule has 1 N–H and O–H groups in total. The van der Waals surface area contributed by atoms with Crippen LogP contribution in [-0.4, -0.2) is 52.8 Å². The Kier molecular flexibility index (Phi) is 4.74. The standard InChI is InChI=1S/C19H24N4O3/c1-14-7-17(22-26-14)10-23-12-19(13-23)5-4-15(11-25-19)8-21-18(24)16-3-2-6-20-9-16/h2-3,6-7,9,15H,4-5,8,10-13H2,1H3,(H,21,24)/t15-/m1/s1. The summed E-state index contributed by atoms with van der Waals surface area (Å²) in [5.74, 6) is 1.14. The smallest absolute Gasteiger partial charge is 0.252 e. The second-order valence-electron chi connectivity index (χ2n) is 7.42. The molecule has 7 heteroatoms. The van der Waals surface area contributed by atoms with Crippen molar-refractivity contribution < 1.29 is 14.1 Å². The average Bonchev–Trinajstić information content (AvgIpc) is 3.05. The third-order valence-corrected chi connectivity index (χ3v) is 5.19. The van der Waals surface area contributed by atoms with Gasteiger partial charge in [0.05, 0.1) is 23.5 Å². The van der Waals surface area contributed by atoms with Crippen LogP contribution in [0.4, 0.5) is 0 Å². The van der Waals surface area contributed by atoms with Crippen molar-refractivity contribution in [3.63, 3.8) is 0 Å². The number of amides is 1. The van der Waals surface area contributed by atoms with E-state index in [2.05, 4.69) is 20.4 Å². The molecular formula is C19H24N4O3. The first-order valence-corrected chi connectivity index (χ1v) is 9.09. The summed E-state index contributed by atoms with van der Waals surface area (Å²) >= 11 is 0. The molecule has 2 aromatic rings. The van der Waals surface area contributed by atoms with E-state index < -0.39 is 0 Å². The fourth-order valence-electron chi connectivity index (χ4n) is 3.77. The summed E-state index contributed by atoms with van der Waals surface area (Å²) in [6.07, 6.45) is 5.36. The van der Waals surface area contributed by atoms with Crippen molar-refractivity contribution in [2.45, 2.75) is 31.9 Å². The summed E-state index contributed by atoms with van der Waals surface area (Å²) in [5, 5.41) is 7.03. The topological polar surface area (TPSA) is 80.5 Å². The van der Waals surface area contributed by atoms with Crippen LogP contribution in [0.3, 0.4) is 0 Å². The number of rotatable bonds is 5. The van der Waals surface area contributed by atoms with Gasteiger partial charge in [0.15, 0.2) is 0 Å². The maximum atomic E-state index is 12.1. The molecule has 1 amide bonds. The first-order chi connectivity index (χ1) is 12.6. The number of nitrogens with one attached hydrogen (secondary N) is 1. The molecule has 0 bridgehead atoms. The molecule has 138 valence electrons. The monoisotopic (exact) mass is 356 g/mol. The van der Waals surface area contributed by atoms with Crippen molar-refractivity contribution >= 4 is 5.91 Å². The Labute approximate surface area is 152 Å². The molecule has 1 spiro atoms. The second-order valence-corrected chi connectivity index (χ2v) is 7.42. The Morgan fingerprint density at radius 2 is 2.35 bits per heavy atom. The molecule has 2 aromatic heterocycles. The number of ether oxygens (including phenoxy) is 1. The van der Waals surface area contributed by atoms with Gasteiger partial charge in [0, 0.05) is 44.6 Å². The minimum absolute atomic E-state index is 0.0113. The predicted molar refractivity (Wildman–Crippen MR) is 94.5 cm³/mol. The highest BCUT2D eigenvalue weighted by molar-refractivity contribution is 5.93. The lowest BCUT2D eigenvalue weighted by molar-refractivity contribution is -0.181. The normalized spacial score (nSPS) is 22.1. The van der Waals surface area contributed by atoms with Crippen molar-refractivity contribution in [1.29, 1.82) is 0 Å². The first-order valence-electron chi connectivity index (χ1n) is 9.09. The molecule has 0 aliphatic carbocycles. The minimum atomic E-state index is -0.0730. The number of carbonyl (C=O) groups excluding carboxylic acids is 1. The lowest BCUT2D eigenvalue weighted by Gasteiger charge is -2.52. The van der Waals surface area contributed by atoms with E-state index in [1.165, 1.54) is 0 Å². The van der Waals surface area contributed by atoms with Crippen LogP contribution in [0.25, 0.3) is 0 Å². The lowest BCUT2D eigenvalue weighted by Crippen LogP contribution is -2.64. The van der Waals surface area contributed by atoms with Gasteiger partial charge >= 0.3 is 0 Å². The molecule has 7 nitrogen and oxygen atoms in total. The Hall–Kier alpha value is -2.25. The SMILES string of the molecule is Cc1cc(CN2CC3(CC[C@H](CNC(=O)c4cccnc4)CO3)C2)no1. The summed E-state index contributed by atoms with van der Waals surface area (Å²) in [7, 11) is 0. The van der Waals surface area contributed by atoms with Crippen molar-refractivity contribution in [2.24, 2.45) is 5.92 Å². The number of aryl methyl sites for hydroxylation is 1. The van der Waals surface area contributed by atoms with Gasteiger partial charge in [0.25, 0.3) is 5.91 Å². The van der Waals surface area contributed by atoms with E-state index in [9.17, 15) is 4.79 Å². The fraction of sp³-hybridized carbons (Fsp3) is 0.526. The average molecular weight is 356 g/mol. The van der Waals surface area contributed by atoms with Crippen LogP contribution in [0.15, 0.2) is 35.1 Å². The quantitative estimate of drug-likeness (QED) is 0.880. The van der Waals surface area contributed by atoms with E-state index in [1.807, 2.05) is 13.0 Å². The lowest BCUT2D eigenvalue weighted by atomic mass is 9.83. The molecule has 0 radical (unpaired) electrons. The summed E-state index contributed by atoms with van der Waals surface area (Å²) in [6, 6.07) is 5.52. The van der Waals surface area contributed by atoms with Gasteiger partial charge in [-0.1, -0.05) is 5.16 Å². The van der Waals surface area contributed by atoms with Crippen LogP contribution in [0, 0.1) is 12.8 Å². The van der Waals surface area contributed by atoms with Gasteiger partial charge in [-0.2, -0.15) is 0 Å².